The highest BCUT2D eigenvalue weighted by molar-refractivity contribution is 7.80. The fraction of sp³-hybridized carbons (Fsp3) is 0.182. The molecule has 0 spiro atoms. The van der Waals surface area contributed by atoms with Gasteiger partial charge in [0.1, 0.15) is 5.75 Å². The van der Waals surface area contributed by atoms with E-state index < -0.39 is 0 Å². The molecular formula is C11H15N3OS. The van der Waals surface area contributed by atoms with Crippen LogP contribution in [0.5, 0.6) is 5.75 Å². The SMILES string of the molecule is C=C(CCc1ccc(O)cc1)NNC(N)=S. The van der Waals surface area contributed by atoms with E-state index in [1.54, 1.807) is 12.1 Å². The van der Waals surface area contributed by atoms with E-state index in [-0.39, 0.29) is 10.9 Å². The fourth-order valence-electron chi connectivity index (χ4n) is 1.17. The first-order valence-electron chi connectivity index (χ1n) is 4.85. The molecule has 1 rings (SSSR count). The van der Waals surface area contributed by atoms with E-state index in [0.717, 1.165) is 24.1 Å². The van der Waals surface area contributed by atoms with Crippen molar-refractivity contribution in [3.05, 3.63) is 42.1 Å². The first-order valence-corrected chi connectivity index (χ1v) is 5.26. The Kier molecular flexibility index (Phi) is 4.60. The number of aromatic hydroxyl groups is 1. The second-order valence-corrected chi connectivity index (χ2v) is 3.82. The summed E-state index contributed by atoms with van der Waals surface area (Å²) in [6.45, 7) is 3.82. The number of nitrogens with one attached hydrogen (secondary N) is 2. The quantitative estimate of drug-likeness (QED) is 0.457. The minimum absolute atomic E-state index is 0.186. The number of phenolic OH excluding ortho intramolecular Hbond substituents is 1. The lowest BCUT2D eigenvalue weighted by Gasteiger charge is -2.10. The minimum atomic E-state index is 0.186. The molecule has 0 aliphatic carbocycles. The van der Waals surface area contributed by atoms with Crippen LogP contribution in [-0.4, -0.2) is 10.2 Å². The number of phenols is 1. The number of aryl methyl sites for hydroxylation is 1. The maximum atomic E-state index is 9.11. The third-order valence-corrected chi connectivity index (χ3v) is 2.12. The maximum absolute atomic E-state index is 9.11. The van der Waals surface area contributed by atoms with Gasteiger partial charge < -0.3 is 16.3 Å². The molecule has 4 nitrogen and oxygen atoms in total. The van der Waals surface area contributed by atoms with Crippen molar-refractivity contribution in [3.8, 4) is 5.75 Å². The highest BCUT2D eigenvalue weighted by atomic mass is 32.1. The third kappa shape index (κ3) is 4.65. The Morgan fingerprint density at radius 2 is 1.94 bits per heavy atom. The summed E-state index contributed by atoms with van der Waals surface area (Å²) in [4.78, 5) is 0. The predicted molar refractivity (Wildman–Crippen MR) is 68.6 cm³/mol. The van der Waals surface area contributed by atoms with E-state index in [2.05, 4.69) is 29.6 Å². The number of hydrogen-bond donors (Lipinski definition) is 4. The first-order chi connectivity index (χ1) is 7.58. The van der Waals surface area contributed by atoms with Gasteiger partial charge in [0.15, 0.2) is 5.11 Å². The summed E-state index contributed by atoms with van der Waals surface area (Å²) >= 11 is 4.64. The molecule has 5 heteroatoms. The zero-order valence-electron chi connectivity index (χ0n) is 8.86. The van der Waals surface area contributed by atoms with E-state index in [9.17, 15) is 0 Å². The molecule has 0 aliphatic rings. The van der Waals surface area contributed by atoms with Crippen LogP contribution in [0.4, 0.5) is 0 Å². The molecule has 0 bridgehead atoms. The average Bonchev–Trinajstić information content (AvgIpc) is 2.25. The van der Waals surface area contributed by atoms with Crippen molar-refractivity contribution in [1.29, 1.82) is 0 Å². The van der Waals surface area contributed by atoms with Crippen molar-refractivity contribution in [2.45, 2.75) is 12.8 Å². The van der Waals surface area contributed by atoms with Gasteiger partial charge in [-0.1, -0.05) is 18.7 Å². The smallest absolute Gasteiger partial charge is 0.182 e. The van der Waals surface area contributed by atoms with Crippen LogP contribution in [0.15, 0.2) is 36.5 Å². The topological polar surface area (TPSA) is 70.3 Å². The van der Waals surface area contributed by atoms with E-state index in [1.165, 1.54) is 0 Å². The van der Waals surface area contributed by atoms with E-state index in [1.807, 2.05) is 12.1 Å². The molecule has 0 amide bonds. The molecule has 0 atom stereocenters. The van der Waals surface area contributed by atoms with Gasteiger partial charge in [0.25, 0.3) is 0 Å². The second kappa shape index (κ2) is 5.97. The molecule has 5 N–H and O–H groups in total. The Bertz CT molecular complexity index is 375. The molecule has 0 heterocycles. The molecule has 86 valence electrons. The maximum Gasteiger partial charge on any atom is 0.182 e. The highest BCUT2D eigenvalue weighted by Gasteiger charge is 1.97. The van der Waals surface area contributed by atoms with E-state index in [4.69, 9.17) is 10.8 Å². The highest BCUT2D eigenvalue weighted by Crippen LogP contribution is 2.12. The van der Waals surface area contributed by atoms with Gasteiger partial charge in [0.05, 0.1) is 0 Å². The van der Waals surface area contributed by atoms with Crippen molar-refractivity contribution >= 4 is 17.3 Å². The van der Waals surface area contributed by atoms with Gasteiger partial charge in [-0.15, -0.1) is 0 Å². The van der Waals surface area contributed by atoms with Crippen LogP contribution in [-0.2, 0) is 6.42 Å². The minimum Gasteiger partial charge on any atom is -0.508 e. The normalized spacial score (nSPS) is 9.50. The molecule has 1 aromatic carbocycles. The Morgan fingerprint density at radius 3 is 2.50 bits per heavy atom. The van der Waals surface area contributed by atoms with Crippen molar-refractivity contribution < 1.29 is 5.11 Å². The van der Waals surface area contributed by atoms with Crippen LogP contribution < -0.4 is 16.6 Å². The average molecular weight is 237 g/mol. The van der Waals surface area contributed by atoms with E-state index >= 15 is 0 Å². The van der Waals surface area contributed by atoms with Crippen molar-refractivity contribution in [2.75, 3.05) is 0 Å². The van der Waals surface area contributed by atoms with Gasteiger partial charge in [0.2, 0.25) is 0 Å². The van der Waals surface area contributed by atoms with Crippen LogP contribution in [0.1, 0.15) is 12.0 Å². The van der Waals surface area contributed by atoms with Crippen LogP contribution in [0.2, 0.25) is 0 Å². The number of nitrogens with two attached hydrogens (primary N) is 1. The van der Waals surface area contributed by atoms with Gasteiger partial charge >= 0.3 is 0 Å². The van der Waals surface area contributed by atoms with Gasteiger partial charge in [-0.3, -0.25) is 5.43 Å². The van der Waals surface area contributed by atoms with Crippen LogP contribution in [0, 0.1) is 0 Å². The lowest BCUT2D eigenvalue weighted by molar-refractivity contribution is 0.475. The molecule has 1 aromatic rings. The molecule has 0 aliphatic heterocycles. The van der Waals surface area contributed by atoms with Gasteiger partial charge in [0, 0.05) is 5.70 Å². The molecule has 0 saturated heterocycles. The lowest BCUT2D eigenvalue weighted by Crippen LogP contribution is -2.40. The van der Waals surface area contributed by atoms with Crippen LogP contribution in [0.25, 0.3) is 0 Å². The number of thiocarbonyl (C=S) groups is 1. The predicted octanol–water partition coefficient (Wildman–Crippen LogP) is 1.18. The summed E-state index contributed by atoms with van der Waals surface area (Å²) in [5.74, 6) is 0.274. The Hall–Kier alpha value is -1.75. The fourth-order valence-corrected chi connectivity index (χ4v) is 1.22. The van der Waals surface area contributed by atoms with Crippen molar-refractivity contribution in [2.24, 2.45) is 5.73 Å². The third-order valence-electron chi connectivity index (χ3n) is 2.01. The number of benzene rings is 1. The Balaban J connectivity index is 2.31. The lowest BCUT2D eigenvalue weighted by atomic mass is 10.1. The zero-order valence-corrected chi connectivity index (χ0v) is 9.68. The van der Waals surface area contributed by atoms with Crippen molar-refractivity contribution in [3.63, 3.8) is 0 Å². The number of hydrogen-bond acceptors (Lipinski definition) is 3. The zero-order chi connectivity index (χ0) is 12.0. The molecule has 0 saturated carbocycles. The second-order valence-electron chi connectivity index (χ2n) is 3.38. The Labute approximate surface area is 100 Å². The summed E-state index contributed by atoms with van der Waals surface area (Å²) < 4.78 is 0. The summed E-state index contributed by atoms with van der Waals surface area (Å²) in [6, 6.07) is 7.09. The molecule has 0 aromatic heterocycles. The molecule has 16 heavy (non-hydrogen) atoms. The number of hydrazine groups is 1. The number of rotatable bonds is 5. The summed E-state index contributed by atoms with van der Waals surface area (Å²) in [5.41, 5.74) is 12.6. The first kappa shape index (κ1) is 12.3. The number of allylic oxidation sites excluding steroid dienone is 1. The molecule has 0 fully saturated rings. The van der Waals surface area contributed by atoms with Crippen LogP contribution in [0.3, 0.4) is 0 Å². The Morgan fingerprint density at radius 1 is 1.31 bits per heavy atom. The van der Waals surface area contributed by atoms with Gasteiger partial charge in [-0.25, -0.2) is 0 Å². The summed E-state index contributed by atoms with van der Waals surface area (Å²) in [7, 11) is 0. The van der Waals surface area contributed by atoms with Crippen LogP contribution >= 0.6 is 12.2 Å². The summed E-state index contributed by atoms with van der Waals surface area (Å²) in [5, 5.41) is 9.30. The molecule has 0 radical (unpaired) electrons. The van der Waals surface area contributed by atoms with Gasteiger partial charge in [-0.2, -0.15) is 0 Å². The van der Waals surface area contributed by atoms with E-state index in [0.29, 0.717) is 0 Å². The summed E-state index contributed by atoms with van der Waals surface area (Å²) in [6.07, 6.45) is 1.60. The molecule has 0 unspecified atom stereocenters. The van der Waals surface area contributed by atoms with Crippen molar-refractivity contribution in [1.82, 2.24) is 10.9 Å². The monoisotopic (exact) mass is 237 g/mol. The molecular weight excluding hydrogens is 222 g/mol. The van der Waals surface area contributed by atoms with Gasteiger partial charge in [-0.05, 0) is 42.8 Å². The standard InChI is InChI=1S/C11H15N3OS/c1-8(13-14-11(12)16)2-3-9-4-6-10(15)7-5-9/h4-7,13,15H,1-3H2,(H3,12,14,16). The largest absolute Gasteiger partial charge is 0.508 e.